The van der Waals surface area contributed by atoms with Crippen LogP contribution in [0.15, 0.2) is 0 Å². The quantitative estimate of drug-likeness (QED) is 0.697. The molecular formula is C11H22N2. The van der Waals surface area contributed by atoms with Gasteiger partial charge in [-0.1, -0.05) is 19.3 Å². The predicted octanol–water partition coefficient (Wildman–Crippen LogP) is 1.63. The van der Waals surface area contributed by atoms with Gasteiger partial charge >= 0.3 is 0 Å². The molecule has 2 heteroatoms. The van der Waals surface area contributed by atoms with Gasteiger partial charge in [0.05, 0.1) is 0 Å². The highest BCUT2D eigenvalue weighted by Gasteiger charge is 2.44. The Morgan fingerprint density at radius 3 is 2.15 bits per heavy atom. The second kappa shape index (κ2) is 3.58. The van der Waals surface area contributed by atoms with E-state index >= 15 is 0 Å². The van der Waals surface area contributed by atoms with Crippen molar-refractivity contribution < 1.29 is 0 Å². The molecule has 2 rings (SSSR count). The minimum Gasteiger partial charge on any atom is -0.330 e. The fourth-order valence-electron chi connectivity index (χ4n) is 3.12. The van der Waals surface area contributed by atoms with E-state index in [1.165, 1.54) is 44.9 Å². The molecule has 0 aromatic rings. The highest BCUT2D eigenvalue weighted by atomic mass is 14.8. The van der Waals surface area contributed by atoms with E-state index in [2.05, 4.69) is 0 Å². The zero-order valence-corrected chi connectivity index (χ0v) is 8.47. The van der Waals surface area contributed by atoms with E-state index in [0.717, 1.165) is 12.5 Å². The smallest absolute Gasteiger partial charge is 0.0136 e. The number of nitrogens with two attached hydrogens (primary N) is 2. The predicted molar refractivity (Wildman–Crippen MR) is 55.3 cm³/mol. The molecule has 0 heterocycles. The molecule has 2 fully saturated rings. The summed E-state index contributed by atoms with van der Waals surface area (Å²) >= 11 is 0. The Labute approximate surface area is 81.1 Å². The van der Waals surface area contributed by atoms with Crippen molar-refractivity contribution in [2.24, 2.45) is 22.8 Å². The molecule has 1 unspecified atom stereocenters. The second-order valence-corrected chi connectivity index (χ2v) is 4.99. The normalized spacial score (nSPS) is 30.0. The minimum atomic E-state index is 0.342. The van der Waals surface area contributed by atoms with Crippen molar-refractivity contribution in [1.82, 2.24) is 0 Å². The molecule has 2 aliphatic rings. The van der Waals surface area contributed by atoms with Crippen molar-refractivity contribution in [2.45, 2.75) is 51.0 Å². The summed E-state index contributed by atoms with van der Waals surface area (Å²) in [5.41, 5.74) is 12.5. The van der Waals surface area contributed by atoms with Crippen molar-refractivity contribution in [3.8, 4) is 0 Å². The number of hydrogen-bond donors (Lipinski definition) is 2. The molecule has 2 saturated carbocycles. The molecule has 0 saturated heterocycles. The Hall–Kier alpha value is -0.0800. The topological polar surface area (TPSA) is 52.0 Å². The number of hydrogen-bond acceptors (Lipinski definition) is 2. The van der Waals surface area contributed by atoms with E-state index in [9.17, 15) is 0 Å². The average molecular weight is 182 g/mol. The summed E-state index contributed by atoms with van der Waals surface area (Å²) in [5.74, 6) is 0.781. The molecule has 0 aromatic heterocycles. The van der Waals surface area contributed by atoms with Gasteiger partial charge in [-0.25, -0.2) is 0 Å². The minimum absolute atomic E-state index is 0.342. The lowest BCUT2D eigenvalue weighted by atomic mass is 9.61. The first-order chi connectivity index (χ1) is 6.28. The van der Waals surface area contributed by atoms with Gasteiger partial charge in [0.1, 0.15) is 0 Å². The van der Waals surface area contributed by atoms with Crippen LogP contribution in [-0.2, 0) is 0 Å². The summed E-state index contributed by atoms with van der Waals surface area (Å²) in [7, 11) is 0. The third-order valence-corrected chi connectivity index (χ3v) is 4.37. The summed E-state index contributed by atoms with van der Waals surface area (Å²) in [6.45, 7) is 0.810. The van der Waals surface area contributed by atoms with Crippen LogP contribution < -0.4 is 11.5 Å². The molecule has 1 atom stereocenters. The van der Waals surface area contributed by atoms with Crippen LogP contribution in [0.2, 0.25) is 0 Å². The molecule has 0 aromatic carbocycles. The summed E-state index contributed by atoms with van der Waals surface area (Å²) in [5, 5.41) is 0. The molecular weight excluding hydrogens is 160 g/mol. The summed E-state index contributed by atoms with van der Waals surface area (Å²) in [6, 6.07) is 0.397. The summed E-state index contributed by atoms with van der Waals surface area (Å²) < 4.78 is 0. The Balaban J connectivity index is 1.97. The third kappa shape index (κ3) is 1.50. The van der Waals surface area contributed by atoms with Gasteiger partial charge in [0, 0.05) is 6.04 Å². The van der Waals surface area contributed by atoms with Crippen LogP contribution in [-0.4, -0.2) is 12.6 Å². The van der Waals surface area contributed by atoms with Gasteiger partial charge in [0.25, 0.3) is 0 Å². The van der Waals surface area contributed by atoms with Gasteiger partial charge in [-0.05, 0) is 43.6 Å². The zero-order chi connectivity index (χ0) is 9.31. The van der Waals surface area contributed by atoms with Crippen LogP contribution >= 0.6 is 0 Å². The van der Waals surface area contributed by atoms with Gasteiger partial charge in [0.15, 0.2) is 0 Å². The monoisotopic (exact) mass is 182 g/mol. The summed E-state index contributed by atoms with van der Waals surface area (Å²) in [6.07, 6.45) is 9.38. The highest BCUT2D eigenvalue weighted by Crippen LogP contribution is 2.47. The van der Waals surface area contributed by atoms with E-state index in [1.807, 2.05) is 0 Å². The van der Waals surface area contributed by atoms with Gasteiger partial charge in [-0.15, -0.1) is 0 Å². The molecule has 2 aliphatic carbocycles. The molecule has 2 nitrogen and oxygen atoms in total. The van der Waals surface area contributed by atoms with Gasteiger partial charge < -0.3 is 11.5 Å². The van der Waals surface area contributed by atoms with Crippen molar-refractivity contribution in [2.75, 3.05) is 6.54 Å². The van der Waals surface area contributed by atoms with Crippen LogP contribution in [0.3, 0.4) is 0 Å². The lowest BCUT2D eigenvalue weighted by molar-refractivity contribution is 0.0740. The maximum Gasteiger partial charge on any atom is 0.0136 e. The van der Waals surface area contributed by atoms with Gasteiger partial charge in [0.2, 0.25) is 0 Å². The fraction of sp³-hybridized carbons (Fsp3) is 1.00. The zero-order valence-electron chi connectivity index (χ0n) is 8.47. The highest BCUT2D eigenvalue weighted by molar-refractivity contribution is 5.00. The largest absolute Gasteiger partial charge is 0.330 e. The molecule has 76 valence electrons. The molecule has 13 heavy (non-hydrogen) atoms. The SMILES string of the molecule is NCC1(C(N)C2CCCC2)CCC1. The van der Waals surface area contributed by atoms with Crippen LogP contribution in [0.1, 0.15) is 44.9 Å². The van der Waals surface area contributed by atoms with E-state index < -0.39 is 0 Å². The Bertz CT molecular complexity index is 163. The Morgan fingerprint density at radius 2 is 1.77 bits per heavy atom. The van der Waals surface area contributed by atoms with Gasteiger partial charge in [-0.2, -0.15) is 0 Å². The van der Waals surface area contributed by atoms with Crippen molar-refractivity contribution in [1.29, 1.82) is 0 Å². The first kappa shape index (κ1) is 9.47. The Morgan fingerprint density at radius 1 is 1.15 bits per heavy atom. The van der Waals surface area contributed by atoms with Crippen LogP contribution in [0.25, 0.3) is 0 Å². The molecule has 0 amide bonds. The van der Waals surface area contributed by atoms with Crippen LogP contribution in [0, 0.1) is 11.3 Å². The second-order valence-electron chi connectivity index (χ2n) is 4.99. The Kier molecular flexibility index (Phi) is 2.61. The van der Waals surface area contributed by atoms with Crippen molar-refractivity contribution in [3.63, 3.8) is 0 Å². The van der Waals surface area contributed by atoms with E-state index in [-0.39, 0.29) is 0 Å². The summed E-state index contributed by atoms with van der Waals surface area (Å²) in [4.78, 5) is 0. The van der Waals surface area contributed by atoms with Crippen molar-refractivity contribution in [3.05, 3.63) is 0 Å². The molecule has 0 radical (unpaired) electrons. The van der Waals surface area contributed by atoms with Gasteiger partial charge in [-0.3, -0.25) is 0 Å². The molecule has 0 aliphatic heterocycles. The van der Waals surface area contributed by atoms with E-state index in [4.69, 9.17) is 11.5 Å². The first-order valence-electron chi connectivity index (χ1n) is 5.74. The molecule has 0 bridgehead atoms. The van der Waals surface area contributed by atoms with E-state index in [0.29, 0.717) is 11.5 Å². The van der Waals surface area contributed by atoms with E-state index in [1.54, 1.807) is 0 Å². The standard InChI is InChI=1S/C11H22N2/c12-8-11(6-3-7-11)10(13)9-4-1-2-5-9/h9-10H,1-8,12-13H2. The van der Waals surface area contributed by atoms with Crippen LogP contribution in [0.5, 0.6) is 0 Å². The lowest BCUT2D eigenvalue weighted by Crippen LogP contribution is -2.54. The van der Waals surface area contributed by atoms with Crippen LogP contribution in [0.4, 0.5) is 0 Å². The number of rotatable bonds is 3. The van der Waals surface area contributed by atoms with Crippen molar-refractivity contribution >= 4 is 0 Å². The average Bonchev–Trinajstić information content (AvgIpc) is 2.54. The maximum atomic E-state index is 6.35. The molecule has 4 N–H and O–H groups in total. The first-order valence-corrected chi connectivity index (χ1v) is 5.74. The molecule has 0 spiro atoms. The fourth-order valence-corrected chi connectivity index (χ4v) is 3.12. The maximum absolute atomic E-state index is 6.35. The lowest BCUT2D eigenvalue weighted by Gasteiger charge is -2.48. The third-order valence-electron chi connectivity index (χ3n) is 4.37.